The van der Waals surface area contributed by atoms with Crippen molar-refractivity contribution in [3.63, 3.8) is 0 Å². The summed E-state index contributed by atoms with van der Waals surface area (Å²) in [6, 6.07) is 0. The van der Waals surface area contributed by atoms with Gasteiger partial charge < -0.3 is 39.5 Å². The van der Waals surface area contributed by atoms with Gasteiger partial charge in [0.1, 0.15) is 18.5 Å². The van der Waals surface area contributed by atoms with Crippen molar-refractivity contribution in [3.8, 4) is 0 Å². The van der Waals surface area contributed by atoms with Crippen molar-refractivity contribution in [2.24, 2.45) is 11.8 Å². The standard InChI is InChI=1S/C42H74O16P2/c1-3-5-7-8-9-10-11-12-13-14-15-16-22-26-42(48)58-36(33-57-60(52,53)56-31-35(44)30-55-59(49,50)51)32-54-41(47)25-21-18-17-20-24-37-38(40(46)29-39(37)45)28-27-34(43)23-19-6-4-2/h10-11,17,20,27-28,34-39,43-45H,3-9,12-16,18-19,21-26,29-33H2,1-2H3,(H,52,53)(H2,49,50,51)/b11-10-,20-17-,28-27+/t34-,35-,36+,37+,38+,39-/m0/s1. The molecule has 18 heteroatoms. The van der Waals surface area contributed by atoms with E-state index in [0.717, 1.165) is 57.8 Å². The Morgan fingerprint density at radius 2 is 1.28 bits per heavy atom. The summed E-state index contributed by atoms with van der Waals surface area (Å²) in [6.45, 7) is 1.32. The van der Waals surface area contributed by atoms with Crippen LogP contribution in [-0.4, -0.2) is 98.6 Å². The highest BCUT2D eigenvalue weighted by atomic mass is 31.2. The Labute approximate surface area is 357 Å². The first kappa shape index (κ1) is 55.9. The molecule has 0 aliphatic heterocycles. The van der Waals surface area contributed by atoms with Crippen LogP contribution in [0.3, 0.4) is 0 Å². The molecule has 1 unspecified atom stereocenters. The van der Waals surface area contributed by atoms with Crippen molar-refractivity contribution >= 4 is 33.4 Å². The molecule has 1 aliphatic carbocycles. The highest BCUT2D eigenvalue weighted by Gasteiger charge is 2.39. The molecule has 1 aliphatic rings. The third kappa shape index (κ3) is 30.1. The van der Waals surface area contributed by atoms with Crippen LogP contribution < -0.4 is 0 Å². The summed E-state index contributed by atoms with van der Waals surface area (Å²) in [5.41, 5.74) is 0. The topological polar surface area (TPSA) is 253 Å². The largest absolute Gasteiger partial charge is 0.472 e. The zero-order valence-corrected chi connectivity index (χ0v) is 37.6. The van der Waals surface area contributed by atoms with Gasteiger partial charge >= 0.3 is 27.6 Å². The number of ketones is 1. The lowest BCUT2D eigenvalue weighted by Crippen LogP contribution is -2.30. The van der Waals surface area contributed by atoms with Gasteiger partial charge in [0.2, 0.25) is 0 Å². The molecule has 1 fully saturated rings. The molecule has 7 atom stereocenters. The number of aliphatic hydroxyl groups is 3. The summed E-state index contributed by atoms with van der Waals surface area (Å²) in [4.78, 5) is 65.3. The van der Waals surface area contributed by atoms with Crippen molar-refractivity contribution in [1.29, 1.82) is 0 Å². The molecule has 348 valence electrons. The van der Waals surface area contributed by atoms with E-state index in [1.54, 1.807) is 12.2 Å². The molecule has 0 spiro atoms. The lowest BCUT2D eigenvalue weighted by Gasteiger charge is -2.20. The van der Waals surface area contributed by atoms with Crippen molar-refractivity contribution in [2.75, 3.05) is 26.4 Å². The maximum atomic E-state index is 12.7. The van der Waals surface area contributed by atoms with E-state index in [0.29, 0.717) is 32.1 Å². The molecule has 0 aromatic rings. The summed E-state index contributed by atoms with van der Waals surface area (Å²) in [6.07, 6.45) is 23.7. The van der Waals surface area contributed by atoms with E-state index in [1.807, 2.05) is 12.2 Å². The lowest BCUT2D eigenvalue weighted by atomic mass is 9.90. The number of phosphoric ester groups is 2. The van der Waals surface area contributed by atoms with Crippen molar-refractivity contribution in [3.05, 3.63) is 36.5 Å². The van der Waals surface area contributed by atoms with Crippen LogP contribution >= 0.6 is 15.6 Å². The van der Waals surface area contributed by atoms with Crippen molar-refractivity contribution < 1.29 is 76.6 Å². The van der Waals surface area contributed by atoms with E-state index in [4.69, 9.17) is 23.8 Å². The number of esters is 2. The number of allylic oxidation sites excluding steroid dienone is 5. The molecular weight excluding hydrogens is 822 g/mol. The Hall–Kier alpha value is -2.07. The summed E-state index contributed by atoms with van der Waals surface area (Å²) in [7, 11) is -9.77. The number of phosphoric acid groups is 2. The van der Waals surface area contributed by atoms with Crippen LogP contribution in [0, 0.1) is 11.8 Å². The minimum atomic E-state index is -4.90. The van der Waals surface area contributed by atoms with Crippen LogP contribution in [-0.2, 0) is 46.6 Å². The second-order valence-corrected chi connectivity index (χ2v) is 18.1. The van der Waals surface area contributed by atoms with Gasteiger partial charge in [-0.3, -0.25) is 28.0 Å². The number of carbonyl (C=O) groups is 3. The Bertz CT molecular complexity index is 1360. The zero-order valence-electron chi connectivity index (χ0n) is 35.8. The van der Waals surface area contributed by atoms with Crippen LogP contribution in [0.1, 0.15) is 149 Å². The molecule has 0 heterocycles. The fraction of sp³-hybridized carbons (Fsp3) is 0.786. The van der Waals surface area contributed by atoms with Crippen LogP contribution in [0.25, 0.3) is 0 Å². The van der Waals surface area contributed by atoms with Crippen LogP contribution in [0.5, 0.6) is 0 Å². The SMILES string of the molecule is CCCCCC/C=C\CCCCCCCC(=O)O[C@H](COC(=O)CCC/C=C\C[C@H]1[C@@H](O)CC(=O)[C@@H]1/C=C/[C@@H](O)CCCCC)COP(=O)(O)OC[C@@H](O)COP(=O)(O)O. The van der Waals surface area contributed by atoms with Gasteiger partial charge in [0.15, 0.2) is 6.10 Å². The first-order valence-corrected chi connectivity index (χ1v) is 24.8. The summed E-state index contributed by atoms with van der Waals surface area (Å²) >= 11 is 0. The molecule has 60 heavy (non-hydrogen) atoms. The number of rotatable bonds is 37. The first-order valence-electron chi connectivity index (χ1n) is 21.8. The molecule has 6 N–H and O–H groups in total. The molecule has 1 saturated carbocycles. The fourth-order valence-electron chi connectivity index (χ4n) is 6.44. The minimum absolute atomic E-state index is 0.00259. The number of aliphatic hydroxyl groups excluding tert-OH is 3. The predicted octanol–water partition coefficient (Wildman–Crippen LogP) is 7.48. The number of Topliss-reactive ketones (excluding diaryl/α,β-unsaturated/α-hetero) is 1. The van der Waals surface area contributed by atoms with Gasteiger partial charge in [-0.05, 0) is 57.8 Å². The van der Waals surface area contributed by atoms with Crippen LogP contribution in [0.4, 0.5) is 0 Å². The van der Waals surface area contributed by atoms with Gasteiger partial charge in [-0.25, -0.2) is 9.13 Å². The van der Waals surface area contributed by atoms with E-state index >= 15 is 0 Å². The van der Waals surface area contributed by atoms with Gasteiger partial charge in [-0.2, -0.15) is 0 Å². The monoisotopic (exact) mass is 896 g/mol. The second-order valence-electron chi connectivity index (χ2n) is 15.4. The summed E-state index contributed by atoms with van der Waals surface area (Å²) in [5.74, 6) is -2.09. The first-order chi connectivity index (χ1) is 28.6. The fourth-order valence-corrected chi connectivity index (χ4v) is 7.60. The number of hydrogen-bond donors (Lipinski definition) is 6. The highest BCUT2D eigenvalue weighted by Crippen LogP contribution is 2.44. The number of ether oxygens (including phenoxy) is 2. The van der Waals surface area contributed by atoms with E-state index in [2.05, 4.69) is 35.0 Å². The smallest absolute Gasteiger partial charge is 0.462 e. The molecule has 0 aromatic carbocycles. The molecule has 16 nitrogen and oxygen atoms in total. The van der Waals surface area contributed by atoms with E-state index in [-0.39, 0.29) is 31.0 Å². The van der Waals surface area contributed by atoms with E-state index in [9.17, 15) is 43.7 Å². The average molecular weight is 897 g/mol. The van der Waals surface area contributed by atoms with Gasteiger partial charge in [0.25, 0.3) is 0 Å². The minimum Gasteiger partial charge on any atom is -0.462 e. The second kappa shape index (κ2) is 33.5. The third-order valence-corrected chi connectivity index (χ3v) is 11.3. The molecule has 0 bridgehead atoms. The number of hydrogen-bond acceptors (Lipinski definition) is 13. The highest BCUT2D eigenvalue weighted by molar-refractivity contribution is 7.47. The van der Waals surface area contributed by atoms with E-state index in [1.165, 1.54) is 25.7 Å². The Kier molecular flexibility index (Phi) is 31.2. The van der Waals surface area contributed by atoms with Crippen LogP contribution in [0.15, 0.2) is 36.5 Å². The molecule has 0 amide bonds. The van der Waals surface area contributed by atoms with Gasteiger partial charge in [0, 0.05) is 31.1 Å². The Morgan fingerprint density at radius 1 is 0.717 bits per heavy atom. The summed E-state index contributed by atoms with van der Waals surface area (Å²) < 4.78 is 47.7. The molecule has 0 aromatic heterocycles. The molecule has 0 saturated heterocycles. The van der Waals surface area contributed by atoms with Gasteiger partial charge in [-0.1, -0.05) is 108 Å². The quantitative estimate of drug-likeness (QED) is 0.0153. The van der Waals surface area contributed by atoms with Crippen molar-refractivity contribution in [1.82, 2.24) is 0 Å². The predicted molar refractivity (Wildman–Crippen MR) is 226 cm³/mol. The maximum Gasteiger partial charge on any atom is 0.472 e. The molecular formula is C42H74O16P2. The number of carbonyl (C=O) groups excluding carboxylic acids is 3. The van der Waals surface area contributed by atoms with Crippen molar-refractivity contribution in [2.45, 2.75) is 173 Å². The van der Waals surface area contributed by atoms with Gasteiger partial charge in [0.05, 0.1) is 32.0 Å². The molecule has 1 rings (SSSR count). The van der Waals surface area contributed by atoms with E-state index < -0.39 is 84.3 Å². The normalized spacial score (nSPS) is 19.9. The average Bonchev–Trinajstić information content (AvgIpc) is 3.46. The molecule has 0 radical (unpaired) electrons. The van der Waals surface area contributed by atoms with Gasteiger partial charge in [-0.15, -0.1) is 0 Å². The maximum absolute atomic E-state index is 12.7. The Morgan fingerprint density at radius 3 is 1.97 bits per heavy atom. The number of unbranched alkanes of at least 4 members (excludes halogenated alkanes) is 12. The zero-order chi connectivity index (χ0) is 44.7. The third-order valence-electron chi connectivity index (χ3n) is 9.87. The summed E-state index contributed by atoms with van der Waals surface area (Å²) in [5, 5.41) is 30.5. The lowest BCUT2D eigenvalue weighted by molar-refractivity contribution is -0.161. The Balaban J connectivity index is 2.59. The van der Waals surface area contributed by atoms with Crippen LogP contribution in [0.2, 0.25) is 0 Å².